The standard InChI is InChI=1S/C7H7N3/c1-2-4-7-6-8-9-10(7)5-3-1/h1-6,9H. The second-order valence-electron chi connectivity index (χ2n) is 2.05. The van der Waals surface area contributed by atoms with Crippen LogP contribution in [0.3, 0.4) is 0 Å². The second-order valence-corrected chi connectivity index (χ2v) is 2.05. The third-order valence-electron chi connectivity index (χ3n) is 1.36. The van der Waals surface area contributed by atoms with E-state index in [1.807, 2.05) is 35.5 Å². The SMILES string of the molecule is C1=CC=C2C=NNN2C=C1. The van der Waals surface area contributed by atoms with Crippen molar-refractivity contribution in [2.24, 2.45) is 5.10 Å². The number of nitrogens with one attached hydrogen (secondary N) is 1. The first-order chi connectivity index (χ1) is 4.97. The third-order valence-corrected chi connectivity index (χ3v) is 1.36. The molecule has 0 spiro atoms. The Hall–Kier alpha value is -1.51. The van der Waals surface area contributed by atoms with E-state index in [4.69, 9.17) is 0 Å². The van der Waals surface area contributed by atoms with Crippen LogP contribution in [0.2, 0.25) is 0 Å². The number of hydrogen-bond donors (Lipinski definition) is 1. The molecule has 0 aliphatic carbocycles. The largest absolute Gasteiger partial charge is 0.246 e. The maximum atomic E-state index is 3.87. The van der Waals surface area contributed by atoms with Gasteiger partial charge in [-0.05, 0) is 12.2 Å². The molecule has 50 valence electrons. The van der Waals surface area contributed by atoms with Gasteiger partial charge in [-0.25, -0.2) is 10.5 Å². The predicted molar refractivity (Wildman–Crippen MR) is 39.8 cm³/mol. The lowest BCUT2D eigenvalue weighted by Gasteiger charge is -2.10. The normalized spacial score (nSPS) is 20.0. The van der Waals surface area contributed by atoms with Crippen LogP contribution < -0.4 is 5.53 Å². The average molecular weight is 133 g/mol. The van der Waals surface area contributed by atoms with Gasteiger partial charge in [0.05, 0.1) is 11.9 Å². The Morgan fingerprint density at radius 3 is 3.30 bits per heavy atom. The molecule has 0 amide bonds. The fraction of sp³-hybridized carbons (Fsp3) is 0. The number of hydrazine groups is 1. The van der Waals surface area contributed by atoms with Gasteiger partial charge in [0.1, 0.15) is 0 Å². The van der Waals surface area contributed by atoms with E-state index in [-0.39, 0.29) is 0 Å². The van der Waals surface area contributed by atoms with Crippen LogP contribution in [0.4, 0.5) is 0 Å². The van der Waals surface area contributed by atoms with Crippen LogP contribution in [-0.4, -0.2) is 11.2 Å². The molecule has 1 N–H and O–H groups in total. The van der Waals surface area contributed by atoms with Crippen molar-refractivity contribution in [1.29, 1.82) is 0 Å². The van der Waals surface area contributed by atoms with E-state index in [0.29, 0.717) is 0 Å². The van der Waals surface area contributed by atoms with E-state index < -0.39 is 0 Å². The first-order valence-electron chi connectivity index (χ1n) is 3.10. The van der Waals surface area contributed by atoms with Crippen LogP contribution in [0.1, 0.15) is 0 Å². The minimum atomic E-state index is 1.06. The van der Waals surface area contributed by atoms with Gasteiger partial charge in [-0.1, -0.05) is 12.2 Å². The Labute approximate surface area is 59.0 Å². The van der Waals surface area contributed by atoms with Gasteiger partial charge in [0.2, 0.25) is 0 Å². The fourth-order valence-corrected chi connectivity index (χ4v) is 0.874. The van der Waals surface area contributed by atoms with Gasteiger partial charge in [0.25, 0.3) is 0 Å². The highest BCUT2D eigenvalue weighted by molar-refractivity contribution is 5.79. The van der Waals surface area contributed by atoms with Crippen molar-refractivity contribution in [3.63, 3.8) is 0 Å². The van der Waals surface area contributed by atoms with Crippen molar-refractivity contribution in [3.8, 4) is 0 Å². The molecule has 0 fully saturated rings. The number of rotatable bonds is 0. The summed E-state index contributed by atoms with van der Waals surface area (Å²) in [7, 11) is 0. The minimum absolute atomic E-state index is 1.06. The van der Waals surface area contributed by atoms with Crippen molar-refractivity contribution in [2.45, 2.75) is 0 Å². The topological polar surface area (TPSA) is 27.6 Å². The summed E-state index contributed by atoms with van der Waals surface area (Å²) >= 11 is 0. The zero-order valence-corrected chi connectivity index (χ0v) is 5.36. The monoisotopic (exact) mass is 133 g/mol. The lowest BCUT2D eigenvalue weighted by Crippen LogP contribution is -2.21. The lowest BCUT2D eigenvalue weighted by molar-refractivity contribution is 0.389. The average Bonchev–Trinajstić information content (AvgIpc) is 2.28. The summed E-state index contributed by atoms with van der Waals surface area (Å²) < 4.78 is 0. The van der Waals surface area contributed by atoms with Gasteiger partial charge in [0.15, 0.2) is 0 Å². The Morgan fingerprint density at radius 1 is 1.30 bits per heavy atom. The zero-order chi connectivity index (χ0) is 6.81. The highest BCUT2D eigenvalue weighted by atomic mass is 15.7. The molecule has 0 saturated carbocycles. The molecule has 0 saturated heterocycles. The summed E-state index contributed by atoms with van der Waals surface area (Å²) in [5.41, 5.74) is 3.87. The molecule has 2 aliphatic rings. The van der Waals surface area contributed by atoms with Crippen LogP contribution >= 0.6 is 0 Å². The first kappa shape index (κ1) is 5.29. The molecule has 0 bridgehead atoms. The molecule has 2 heterocycles. The summed E-state index contributed by atoms with van der Waals surface area (Å²) in [5, 5.41) is 5.71. The van der Waals surface area contributed by atoms with E-state index in [0.717, 1.165) is 5.70 Å². The van der Waals surface area contributed by atoms with Crippen LogP contribution in [0.5, 0.6) is 0 Å². The highest BCUT2D eigenvalue weighted by Gasteiger charge is 2.07. The van der Waals surface area contributed by atoms with Crippen LogP contribution in [-0.2, 0) is 0 Å². The van der Waals surface area contributed by atoms with Crippen molar-refractivity contribution >= 4 is 6.21 Å². The van der Waals surface area contributed by atoms with E-state index in [1.54, 1.807) is 6.21 Å². The molecule has 0 atom stereocenters. The van der Waals surface area contributed by atoms with Crippen LogP contribution in [0, 0.1) is 0 Å². The minimum Gasteiger partial charge on any atom is -0.246 e. The molecule has 10 heavy (non-hydrogen) atoms. The van der Waals surface area contributed by atoms with Crippen molar-refractivity contribution in [3.05, 3.63) is 36.2 Å². The van der Waals surface area contributed by atoms with Gasteiger partial charge in [-0.2, -0.15) is 5.10 Å². The highest BCUT2D eigenvalue weighted by Crippen LogP contribution is 2.07. The Balaban J connectivity index is 2.36. The van der Waals surface area contributed by atoms with E-state index >= 15 is 0 Å². The Bertz CT molecular complexity index is 248. The van der Waals surface area contributed by atoms with Gasteiger partial charge in [0, 0.05) is 6.20 Å². The third kappa shape index (κ3) is 0.719. The smallest absolute Gasteiger partial charge is 0.0840 e. The Morgan fingerprint density at radius 2 is 2.30 bits per heavy atom. The molecular formula is C7H7N3. The van der Waals surface area contributed by atoms with Gasteiger partial charge >= 0.3 is 0 Å². The van der Waals surface area contributed by atoms with Crippen LogP contribution in [0.15, 0.2) is 41.3 Å². The number of hydrazone groups is 1. The zero-order valence-electron chi connectivity index (χ0n) is 5.36. The maximum absolute atomic E-state index is 3.87. The molecule has 0 aromatic carbocycles. The van der Waals surface area contributed by atoms with Crippen LogP contribution in [0.25, 0.3) is 0 Å². The number of hydrogen-bond acceptors (Lipinski definition) is 3. The lowest BCUT2D eigenvalue weighted by atomic mass is 10.4. The molecule has 3 heteroatoms. The summed E-state index contributed by atoms with van der Waals surface area (Å²) in [5.74, 6) is 0. The molecule has 0 aromatic rings. The van der Waals surface area contributed by atoms with Crippen molar-refractivity contribution < 1.29 is 0 Å². The molecule has 0 aromatic heterocycles. The summed E-state index contributed by atoms with van der Waals surface area (Å²) in [6.45, 7) is 0. The van der Waals surface area contributed by atoms with Gasteiger partial charge in [-0.3, -0.25) is 0 Å². The van der Waals surface area contributed by atoms with E-state index in [1.165, 1.54) is 0 Å². The first-order valence-corrected chi connectivity index (χ1v) is 3.10. The number of nitrogens with zero attached hydrogens (tertiary/aromatic N) is 2. The quantitative estimate of drug-likeness (QED) is 0.528. The molecule has 2 rings (SSSR count). The predicted octanol–water partition coefficient (Wildman–Crippen LogP) is 0.760. The molecule has 0 unspecified atom stereocenters. The maximum Gasteiger partial charge on any atom is 0.0840 e. The Kier molecular flexibility index (Phi) is 1.07. The van der Waals surface area contributed by atoms with Crippen molar-refractivity contribution in [2.75, 3.05) is 0 Å². The number of fused-ring (bicyclic) bond motifs is 1. The van der Waals surface area contributed by atoms with E-state index in [9.17, 15) is 0 Å². The van der Waals surface area contributed by atoms with Crippen molar-refractivity contribution in [1.82, 2.24) is 10.5 Å². The number of allylic oxidation sites excluding steroid dienone is 5. The fourth-order valence-electron chi connectivity index (χ4n) is 0.874. The summed E-state index contributed by atoms with van der Waals surface area (Å²) in [6.07, 6.45) is 11.6. The van der Waals surface area contributed by atoms with E-state index in [2.05, 4.69) is 10.6 Å². The van der Waals surface area contributed by atoms with Gasteiger partial charge in [-0.15, -0.1) is 0 Å². The summed E-state index contributed by atoms with van der Waals surface area (Å²) in [6, 6.07) is 0. The molecule has 2 aliphatic heterocycles. The molecule has 3 nitrogen and oxygen atoms in total. The van der Waals surface area contributed by atoms with Gasteiger partial charge < -0.3 is 0 Å². The molecule has 0 radical (unpaired) electrons. The second kappa shape index (κ2) is 2.02. The summed E-state index contributed by atoms with van der Waals surface area (Å²) in [4.78, 5) is 0. The molecular weight excluding hydrogens is 126 g/mol.